The molecular formula is C12H22N4O3. The molecule has 0 aliphatic carbocycles. The zero-order chi connectivity index (χ0) is 14.3. The van der Waals surface area contributed by atoms with Gasteiger partial charge >= 0.3 is 6.03 Å². The Morgan fingerprint density at radius 1 is 1.53 bits per heavy atom. The van der Waals surface area contributed by atoms with Crippen LogP contribution in [0.4, 0.5) is 4.79 Å². The Morgan fingerprint density at radius 3 is 2.79 bits per heavy atom. The van der Waals surface area contributed by atoms with Gasteiger partial charge in [-0.15, -0.1) is 0 Å². The molecule has 0 aromatic carbocycles. The first-order chi connectivity index (χ1) is 9.06. The molecule has 1 N–H and O–H groups in total. The van der Waals surface area contributed by atoms with Crippen LogP contribution in [-0.4, -0.2) is 46.9 Å². The molecule has 7 nitrogen and oxygen atoms in total. The zero-order valence-corrected chi connectivity index (χ0v) is 12.0. The number of nitrogens with one attached hydrogen (secondary N) is 1. The molecule has 1 atom stereocenters. The number of hydrogen-bond acceptors (Lipinski definition) is 5. The largest absolute Gasteiger partial charge is 0.377 e. The normalized spacial score (nSPS) is 12.2. The molecule has 1 aromatic heterocycles. The van der Waals surface area contributed by atoms with E-state index in [-0.39, 0.29) is 12.1 Å². The van der Waals surface area contributed by atoms with Crippen molar-refractivity contribution in [2.75, 3.05) is 19.7 Å². The molecule has 0 unspecified atom stereocenters. The molecule has 0 aliphatic rings. The van der Waals surface area contributed by atoms with Gasteiger partial charge in [-0.25, -0.2) is 4.79 Å². The molecule has 0 fully saturated rings. The Kier molecular flexibility index (Phi) is 6.27. The van der Waals surface area contributed by atoms with Crippen LogP contribution in [0.3, 0.4) is 0 Å². The van der Waals surface area contributed by atoms with Crippen molar-refractivity contribution in [3.8, 4) is 0 Å². The molecule has 0 spiro atoms. The summed E-state index contributed by atoms with van der Waals surface area (Å²) in [5.41, 5.74) is 0. The van der Waals surface area contributed by atoms with E-state index in [4.69, 9.17) is 9.26 Å². The minimum absolute atomic E-state index is 0.00157. The number of amides is 2. The van der Waals surface area contributed by atoms with Gasteiger partial charge in [-0.2, -0.15) is 4.98 Å². The van der Waals surface area contributed by atoms with E-state index in [0.717, 1.165) is 0 Å². The first-order valence-electron chi connectivity index (χ1n) is 6.50. The predicted octanol–water partition coefficient (Wildman–Crippen LogP) is 1.33. The topological polar surface area (TPSA) is 80.5 Å². The molecule has 108 valence electrons. The Labute approximate surface area is 113 Å². The van der Waals surface area contributed by atoms with Crippen LogP contribution >= 0.6 is 0 Å². The number of urea groups is 1. The molecule has 1 heterocycles. The summed E-state index contributed by atoms with van der Waals surface area (Å²) >= 11 is 0. The van der Waals surface area contributed by atoms with Gasteiger partial charge in [-0.1, -0.05) is 5.16 Å². The van der Waals surface area contributed by atoms with Crippen LogP contribution in [-0.2, 0) is 11.3 Å². The van der Waals surface area contributed by atoms with Gasteiger partial charge in [-0.05, 0) is 27.7 Å². The van der Waals surface area contributed by atoms with Crippen molar-refractivity contribution in [2.45, 2.75) is 40.3 Å². The summed E-state index contributed by atoms with van der Waals surface area (Å²) in [7, 11) is 0. The van der Waals surface area contributed by atoms with Gasteiger partial charge in [0.15, 0.2) is 5.82 Å². The van der Waals surface area contributed by atoms with E-state index in [9.17, 15) is 4.79 Å². The number of aromatic nitrogens is 2. The molecule has 7 heteroatoms. The summed E-state index contributed by atoms with van der Waals surface area (Å²) in [5, 5.41) is 6.51. The first kappa shape index (κ1) is 15.4. The molecule has 19 heavy (non-hydrogen) atoms. The summed E-state index contributed by atoms with van der Waals surface area (Å²) in [4.78, 5) is 17.6. The van der Waals surface area contributed by atoms with Crippen LogP contribution in [0.15, 0.2) is 4.52 Å². The maximum atomic E-state index is 12.0. The van der Waals surface area contributed by atoms with E-state index in [0.29, 0.717) is 38.0 Å². The third-order valence-electron chi connectivity index (χ3n) is 2.56. The lowest BCUT2D eigenvalue weighted by Crippen LogP contribution is -2.42. The van der Waals surface area contributed by atoms with Crippen molar-refractivity contribution in [3.05, 3.63) is 11.7 Å². The number of aryl methyl sites for hydroxylation is 1. The van der Waals surface area contributed by atoms with Crippen molar-refractivity contribution in [2.24, 2.45) is 0 Å². The van der Waals surface area contributed by atoms with Gasteiger partial charge < -0.3 is 19.5 Å². The monoisotopic (exact) mass is 270 g/mol. The lowest BCUT2D eigenvalue weighted by atomic mass is 10.4. The lowest BCUT2D eigenvalue weighted by Gasteiger charge is -2.21. The van der Waals surface area contributed by atoms with Gasteiger partial charge in [0.1, 0.15) is 6.54 Å². The molecule has 1 rings (SSSR count). The Hall–Kier alpha value is -1.63. The first-order valence-corrected chi connectivity index (χ1v) is 6.50. The maximum absolute atomic E-state index is 12.0. The molecule has 0 bridgehead atoms. The number of nitrogens with zero attached hydrogens (tertiary/aromatic N) is 3. The van der Waals surface area contributed by atoms with Crippen molar-refractivity contribution < 1.29 is 14.1 Å². The minimum atomic E-state index is -0.162. The van der Waals surface area contributed by atoms with E-state index >= 15 is 0 Å². The molecular weight excluding hydrogens is 248 g/mol. The SMILES string of the molecule is CCO[C@@H](C)CNC(=O)N(CC)Cc1nc(C)no1. The third kappa shape index (κ3) is 5.25. The van der Waals surface area contributed by atoms with Gasteiger partial charge in [-0.3, -0.25) is 0 Å². The van der Waals surface area contributed by atoms with Crippen LogP contribution in [0.1, 0.15) is 32.5 Å². The standard InChI is InChI=1S/C12H22N4O3/c1-5-16(8-11-14-10(4)15-19-11)12(17)13-7-9(3)18-6-2/h9H,5-8H2,1-4H3,(H,13,17)/t9-/m0/s1. The maximum Gasteiger partial charge on any atom is 0.317 e. The second kappa shape index (κ2) is 7.73. The Balaban J connectivity index is 2.43. The highest BCUT2D eigenvalue weighted by Gasteiger charge is 2.15. The van der Waals surface area contributed by atoms with Crippen LogP contribution in [0.2, 0.25) is 0 Å². The second-order valence-corrected chi connectivity index (χ2v) is 4.20. The summed E-state index contributed by atoms with van der Waals surface area (Å²) in [6.07, 6.45) is -0.00157. The molecule has 0 saturated heterocycles. The predicted molar refractivity (Wildman–Crippen MR) is 69.6 cm³/mol. The molecule has 0 saturated carbocycles. The highest BCUT2D eigenvalue weighted by Crippen LogP contribution is 2.02. The average Bonchev–Trinajstić information content (AvgIpc) is 2.79. The van der Waals surface area contributed by atoms with E-state index in [1.54, 1.807) is 11.8 Å². The van der Waals surface area contributed by atoms with E-state index < -0.39 is 0 Å². The van der Waals surface area contributed by atoms with Crippen molar-refractivity contribution in [1.29, 1.82) is 0 Å². The highest BCUT2D eigenvalue weighted by atomic mass is 16.5. The van der Waals surface area contributed by atoms with Crippen LogP contribution < -0.4 is 5.32 Å². The van der Waals surface area contributed by atoms with E-state index in [1.165, 1.54) is 0 Å². The fourth-order valence-electron chi connectivity index (χ4n) is 1.58. The molecule has 0 aliphatic heterocycles. The van der Waals surface area contributed by atoms with Gasteiger partial charge in [0, 0.05) is 19.7 Å². The number of carbonyl (C=O) groups is 1. The number of hydrogen-bond donors (Lipinski definition) is 1. The molecule has 0 radical (unpaired) electrons. The molecule has 1 aromatic rings. The Bertz CT molecular complexity index is 394. The fourth-order valence-corrected chi connectivity index (χ4v) is 1.58. The fraction of sp³-hybridized carbons (Fsp3) is 0.750. The second-order valence-electron chi connectivity index (χ2n) is 4.20. The summed E-state index contributed by atoms with van der Waals surface area (Å²) in [6.45, 7) is 9.47. The van der Waals surface area contributed by atoms with Gasteiger partial charge in [0.25, 0.3) is 0 Å². The number of rotatable bonds is 7. The average molecular weight is 270 g/mol. The lowest BCUT2D eigenvalue weighted by molar-refractivity contribution is 0.0759. The van der Waals surface area contributed by atoms with Gasteiger partial charge in [0.2, 0.25) is 5.89 Å². The smallest absolute Gasteiger partial charge is 0.317 e. The Morgan fingerprint density at radius 2 is 2.26 bits per heavy atom. The number of carbonyl (C=O) groups excluding carboxylic acids is 1. The van der Waals surface area contributed by atoms with E-state index in [1.807, 2.05) is 20.8 Å². The van der Waals surface area contributed by atoms with Crippen LogP contribution in [0.25, 0.3) is 0 Å². The van der Waals surface area contributed by atoms with Crippen LogP contribution in [0.5, 0.6) is 0 Å². The summed E-state index contributed by atoms with van der Waals surface area (Å²) in [6, 6.07) is -0.162. The van der Waals surface area contributed by atoms with Gasteiger partial charge in [0.05, 0.1) is 6.10 Å². The number of ether oxygens (including phenoxy) is 1. The zero-order valence-electron chi connectivity index (χ0n) is 12.0. The minimum Gasteiger partial charge on any atom is -0.377 e. The molecule has 2 amide bonds. The van der Waals surface area contributed by atoms with Crippen molar-refractivity contribution >= 4 is 6.03 Å². The summed E-state index contributed by atoms with van der Waals surface area (Å²) < 4.78 is 10.4. The third-order valence-corrected chi connectivity index (χ3v) is 2.56. The van der Waals surface area contributed by atoms with Crippen molar-refractivity contribution in [1.82, 2.24) is 20.4 Å². The summed E-state index contributed by atoms with van der Waals surface area (Å²) in [5.74, 6) is 1.00. The van der Waals surface area contributed by atoms with Crippen LogP contribution in [0, 0.1) is 6.92 Å². The van der Waals surface area contributed by atoms with Crippen molar-refractivity contribution in [3.63, 3.8) is 0 Å². The quantitative estimate of drug-likeness (QED) is 0.808. The van der Waals surface area contributed by atoms with E-state index in [2.05, 4.69) is 15.5 Å². The highest BCUT2D eigenvalue weighted by molar-refractivity contribution is 5.74.